The van der Waals surface area contributed by atoms with Crippen LogP contribution in [0, 0.1) is 4.77 Å². The number of hydrogen-bond donors (Lipinski definition) is 2. The Morgan fingerprint density at radius 1 is 0.955 bits per heavy atom. The lowest BCUT2D eigenvalue weighted by Crippen LogP contribution is -1.96. The Bertz CT molecular complexity index is 795. The number of rotatable bonds is 5. The molecule has 4 nitrogen and oxygen atoms in total. The molecule has 0 bridgehead atoms. The molecule has 1 heterocycles. The monoisotopic (exact) mass is 312 g/mol. The largest absolute Gasteiger partial charge is 0.493 e. The third-order valence-electron chi connectivity index (χ3n) is 3.31. The van der Waals surface area contributed by atoms with E-state index in [1.807, 2.05) is 60.7 Å². The van der Waals surface area contributed by atoms with Crippen LogP contribution in [-0.4, -0.2) is 14.7 Å². The Balaban J connectivity index is 1.74. The number of aromatic amines is 1. The van der Waals surface area contributed by atoms with Crippen molar-refractivity contribution in [1.29, 1.82) is 0 Å². The van der Waals surface area contributed by atoms with Crippen LogP contribution in [0.15, 0.2) is 60.7 Å². The van der Waals surface area contributed by atoms with E-state index in [-0.39, 0.29) is 12.5 Å². The van der Waals surface area contributed by atoms with Gasteiger partial charge in [-0.05, 0) is 29.9 Å². The van der Waals surface area contributed by atoms with Gasteiger partial charge in [-0.15, -0.1) is 0 Å². The van der Waals surface area contributed by atoms with Crippen molar-refractivity contribution in [2.45, 2.75) is 13.2 Å². The number of nitrogens with one attached hydrogen (secondary N) is 1. The van der Waals surface area contributed by atoms with Gasteiger partial charge in [-0.25, -0.2) is 0 Å². The molecule has 0 radical (unpaired) electrons. The number of nitrogens with zero attached hydrogens (tertiary/aromatic N) is 1. The first-order valence-corrected chi connectivity index (χ1v) is 7.36. The van der Waals surface area contributed by atoms with Gasteiger partial charge in [-0.2, -0.15) is 0 Å². The number of imidazole rings is 1. The summed E-state index contributed by atoms with van der Waals surface area (Å²) in [5, 5.41) is 10.3. The lowest BCUT2D eigenvalue weighted by molar-refractivity contribution is 0.103. The van der Waals surface area contributed by atoms with Gasteiger partial charge in [-0.1, -0.05) is 48.5 Å². The van der Waals surface area contributed by atoms with E-state index < -0.39 is 0 Å². The van der Waals surface area contributed by atoms with Crippen molar-refractivity contribution in [3.8, 4) is 11.6 Å². The zero-order chi connectivity index (χ0) is 15.4. The number of para-hydroxylation sites is 1. The number of ether oxygens (including phenoxy) is 1. The number of aromatic hydroxyl groups is 1. The van der Waals surface area contributed by atoms with Gasteiger partial charge in [-0.3, -0.25) is 4.57 Å². The Morgan fingerprint density at radius 2 is 1.59 bits per heavy atom. The highest BCUT2D eigenvalue weighted by molar-refractivity contribution is 7.71. The van der Waals surface area contributed by atoms with Crippen LogP contribution in [0.25, 0.3) is 5.69 Å². The predicted octanol–water partition coefficient (Wildman–Crippen LogP) is 3.96. The van der Waals surface area contributed by atoms with E-state index in [9.17, 15) is 5.11 Å². The summed E-state index contributed by atoms with van der Waals surface area (Å²) < 4.78 is 7.68. The molecule has 22 heavy (non-hydrogen) atoms. The second kappa shape index (κ2) is 6.60. The first kappa shape index (κ1) is 14.6. The lowest BCUT2D eigenvalue weighted by Gasteiger charge is -2.05. The molecule has 0 saturated carbocycles. The molecule has 112 valence electrons. The van der Waals surface area contributed by atoms with Gasteiger partial charge < -0.3 is 14.8 Å². The van der Waals surface area contributed by atoms with Crippen LogP contribution >= 0.6 is 12.2 Å². The summed E-state index contributed by atoms with van der Waals surface area (Å²) in [5.74, 6) is 0.0873. The maximum atomic E-state index is 10.3. The molecule has 0 atom stereocenters. The standard InChI is InChI=1S/C17H16N2O2S/c20-16-15(12-21-11-13-7-3-1-4-8-13)18-17(22)19(16)14-9-5-2-6-10-14/h1-10,20H,11-12H2,(H,18,22). The predicted molar refractivity (Wildman–Crippen MR) is 87.6 cm³/mol. The smallest absolute Gasteiger partial charge is 0.220 e. The normalized spacial score (nSPS) is 10.7. The van der Waals surface area contributed by atoms with Crippen molar-refractivity contribution < 1.29 is 9.84 Å². The highest BCUT2D eigenvalue weighted by atomic mass is 32.1. The summed E-state index contributed by atoms with van der Waals surface area (Å²) in [5.41, 5.74) is 2.48. The molecule has 0 aliphatic carbocycles. The number of benzene rings is 2. The zero-order valence-electron chi connectivity index (χ0n) is 11.9. The summed E-state index contributed by atoms with van der Waals surface area (Å²) in [6.07, 6.45) is 0. The van der Waals surface area contributed by atoms with E-state index >= 15 is 0 Å². The fraction of sp³-hybridized carbons (Fsp3) is 0.118. The van der Waals surface area contributed by atoms with E-state index in [1.54, 1.807) is 4.57 Å². The van der Waals surface area contributed by atoms with Gasteiger partial charge in [0, 0.05) is 0 Å². The fourth-order valence-corrected chi connectivity index (χ4v) is 2.55. The number of H-pyrrole nitrogens is 1. The highest BCUT2D eigenvalue weighted by Gasteiger charge is 2.12. The van der Waals surface area contributed by atoms with Gasteiger partial charge in [0.15, 0.2) is 4.77 Å². The summed E-state index contributed by atoms with van der Waals surface area (Å²) in [6, 6.07) is 19.4. The molecule has 0 aliphatic rings. The number of hydrogen-bond acceptors (Lipinski definition) is 3. The Kier molecular flexibility index (Phi) is 4.37. The van der Waals surface area contributed by atoms with E-state index in [1.165, 1.54) is 0 Å². The van der Waals surface area contributed by atoms with Crippen LogP contribution < -0.4 is 0 Å². The van der Waals surface area contributed by atoms with E-state index in [4.69, 9.17) is 17.0 Å². The average Bonchev–Trinajstić information content (AvgIpc) is 2.83. The van der Waals surface area contributed by atoms with Gasteiger partial charge in [0.2, 0.25) is 5.88 Å². The minimum Gasteiger partial charge on any atom is -0.493 e. The van der Waals surface area contributed by atoms with Crippen molar-refractivity contribution in [1.82, 2.24) is 9.55 Å². The molecule has 2 N–H and O–H groups in total. The quantitative estimate of drug-likeness (QED) is 0.701. The Hall–Kier alpha value is -2.37. The molecule has 2 aromatic carbocycles. The Morgan fingerprint density at radius 3 is 2.27 bits per heavy atom. The third kappa shape index (κ3) is 3.10. The lowest BCUT2D eigenvalue weighted by atomic mass is 10.2. The summed E-state index contributed by atoms with van der Waals surface area (Å²) in [6.45, 7) is 0.752. The molecular weight excluding hydrogens is 296 g/mol. The van der Waals surface area contributed by atoms with Crippen LogP contribution in [0.4, 0.5) is 0 Å². The van der Waals surface area contributed by atoms with Crippen LogP contribution in [0.2, 0.25) is 0 Å². The molecule has 3 rings (SSSR count). The van der Waals surface area contributed by atoms with Crippen LogP contribution in [0.5, 0.6) is 5.88 Å². The molecule has 0 saturated heterocycles. The molecule has 1 aromatic heterocycles. The topological polar surface area (TPSA) is 50.2 Å². The fourth-order valence-electron chi connectivity index (χ4n) is 2.23. The van der Waals surface area contributed by atoms with Crippen molar-refractivity contribution in [2.24, 2.45) is 0 Å². The van der Waals surface area contributed by atoms with Gasteiger partial charge in [0.25, 0.3) is 0 Å². The molecule has 0 spiro atoms. The van der Waals surface area contributed by atoms with Crippen molar-refractivity contribution in [3.63, 3.8) is 0 Å². The molecule has 0 unspecified atom stereocenters. The minimum absolute atomic E-state index is 0.0873. The molecule has 0 amide bonds. The second-order valence-electron chi connectivity index (χ2n) is 4.88. The van der Waals surface area contributed by atoms with E-state index in [0.29, 0.717) is 17.1 Å². The summed E-state index contributed by atoms with van der Waals surface area (Å²) in [7, 11) is 0. The SMILES string of the molecule is Oc1c(COCc2ccccc2)[nH]c(=S)n1-c1ccccc1. The van der Waals surface area contributed by atoms with Crippen molar-refractivity contribution >= 4 is 12.2 Å². The molecule has 3 aromatic rings. The zero-order valence-corrected chi connectivity index (χ0v) is 12.7. The molecule has 0 aliphatic heterocycles. The highest BCUT2D eigenvalue weighted by Crippen LogP contribution is 2.23. The van der Waals surface area contributed by atoms with Crippen LogP contribution in [0.1, 0.15) is 11.3 Å². The average molecular weight is 312 g/mol. The van der Waals surface area contributed by atoms with Gasteiger partial charge in [0.1, 0.15) is 5.69 Å². The summed E-state index contributed by atoms with van der Waals surface area (Å²) in [4.78, 5) is 3.00. The van der Waals surface area contributed by atoms with Crippen molar-refractivity contribution in [3.05, 3.63) is 76.7 Å². The molecule has 5 heteroatoms. The molecular formula is C17H16N2O2S. The van der Waals surface area contributed by atoms with Gasteiger partial charge in [0.05, 0.1) is 18.9 Å². The van der Waals surface area contributed by atoms with Gasteiger partial charge >= 0.3 is 0 Å². The summed E-state index contributed by atoms with van der Waals surface area (Å²) >= 11 is 5.28. The minimum atomic E-state index is 0.0873. The first-order valence-electron chi connectivity index (χ1n) is 6.95. The van der Waals surface area contributed by atoms with Crippen LogP contribution in [0.3, 0.4) is 0 Å². The first-order chi connectivity index (χ1) is 10.8. The van der Waals surface area contributed by atoms with E-state index in [0.717, 1.165) is 11.3 Å². The van der Waals surface area contributed by atoms with Crippen LogP contribution in [-0.2, 0) is 18.0 Å². The second-order valence-corrected chi connectivity index (χ2v) is 5.27. The maximum Gasteiger partial charge on any atom is 0.220 e. The third-order valence-corrected chi connectivity index (χ3v) is 3.60. The van der Waals surface area contributed by atoms with E-state index in [2.05, 4.69) is 4.98 Å². The molecule has 0 fully saturated rings. The maximum absolute atomic E-state index is 10.3. The van der Waals surface area contributed by atoms with Crippen molar-refractivity contribution in [2.75, 3.05) is 0 Å². The number of aromatic nitrogens is 2. The Labute approximate surface area is 133 Å².